The van der Waals surface area contributed by atoms with E-state index in [-0.39, 0.29) is 37.0 Å². The predicted octanol–water partition coefficient (Wildman–Crippen LogP) is 6.44. The zero-order valence-corrected chi connectivity index (χ0v) is 34.1. The van der Waals surface area contributed by atoms with Crippen LogP contribution in [-0.4, -0.2) is 69.7 Å². The largest absolute Gasteiger partial charge is 0.493 e. The van der Waals surface area contributed by atoms with Crippen molar-refractivity contribution in [2.75, 3.05) is 39.6 Å². The average molecular weight is 827 g/mol. The zero-order chi connectivity index (χ0) is 42.5. The summed E-state index contributed by atoms with van der Waals surface area (Å²) in [6, 6.07) is 19.4. The Morgan fingerprint density at radius 3 is 1.38 bits per heavy atom. The molecule has 0 radical (unpaired) electrons. The molecule has 2 aliphatic carbocycles. The number of nitrogens with two attached hydrogens (primary N) is 1. The van der Waals surface area contributed by atoms with E-state index >= 15 is 0 Å². The molecule has 2 fully saturated rings. The van der Waals surface area contributed by atoms with Gasteiger partial charge in [-0.25, -0.2) is 9.59 Å². The lowest BCUT2D eigenvalue weighted by Crippen LogP contribution is -2.30. The van der Waals surface area contributed by atoms with Crippen LogP contribution in [0.5, 0.6) is 34.5 Å². The molecule has 13 nitrogen and oxygen atoms in total. The van der Waals surface area contributed by atoms with Crippen molar-refractivity contribution in [1.82, 2.24) is 0 Å². The smallest absolute Gasteiger partial charge is 0.330 e. The Bertz CT molecular complexity index is 1880. The van der Waals surface area contributed by atoms with Gasteiger partial charge in [0.1, 0.15) is 34.5 Å². The number of hydrogen-bond acceptors (Lipinski definition) is 12. The highest BCUT2D eigenvalue weighted by Crippen LogP contribution is 2.34. The minimum Gasteiger partial charge on any atom is -0.493 e. The van der Waals surface area contributed by atoms with Gasteiger partial charge < -0.3 is 37.9 Å². The molecule has 60 heavy (non-hydrogen) atoms. The summed E-state index contributed by atoms with van der Waals surface area (Å²) in [4.78, 5) is 48.0. The van der Waals surface area contributed by atoms with Crippen LogP contribution in [0.2, 0.25) is 0 Å². The fraction of sp³-hybridized carbons (Fsp3) is 0.426. The molecule has 0 aromatic heterocycles. The molecule has 3 aromatic carbocycles. The Morgan fingerprint density at radius 2 is 0.950 bits per heavy atom. The molecule has 0 heterocycles. The van der Waals surface area contributed by atoms with Crippen LogP contribution in [0.25, 0.3) is 0 Å². The van der Waals surface area contributed by atoms with E-state index in [4.69, 9.17) is 43.3 Å². The highest BCUT2D eigenvalue weighted by atomic mass is 16.6. The summed E-state index contributed by atoms with van der Waals surface area (Å²) in [5.74, 6) is 2.48. The Hall–Kier alpha value is -6.11. The Balaban J connectivity index is 0.944. The monoisotopic (exact) mass is 826 g/mol. The van der Waals surface area contributed by atoms with Gasteiger partial charge in [-0.1, -0.05) is 13.2 Å². The van der Waals surface area contributed by atoms with E-state index in [0.29, 0.717) is 85.6 Å². The Kier molecular flexibility index (Phi) is 18.1. The van der Waals surface area contributed by atoms with Crippen molar-refractivity contribution in [3.63, 3.8) is 0 Å². The van der Waals surface area contributed by atoms with Gasteiger partial charge in [-0.2, -0.15) is 0 Å². The van der Waals surface area contributed by atoms with E-state index in [1.807, 2.05) is 18.2 Å². The third-order valence-corrected chi connectivity index (χ3v) is 10.5. The van der Waals surface area contributed by atoms with Crippen LogP contribution >= 0.6 is 0 Å². The van der Waals surface area contributed by atoms with E-state index in [2.05, 4.69) is 13.2 Å². The predicted molar refractivity (Wildman–Crippen MR) is 222 cm³/mol. The Morgan fingerprint density at radius 1 is 0.533 bits per heavy atom. The molecule has 13 heteroatoms. The quantitative estimate of drug-likeness (QED) is 0.0366. The molecule has 2 saturated carbocycles. The lowest BCUT2D eigenvalue weighted by atomic mass is 9.82. The second-order valence-electron chi connectivity index (χ2n) is 14.9. The molecule has 0 aliphatic heterocycles. The minimum atomic E-state index is -0.461. The first-order chi connectivity index (χ1) is 29.2. The van der Waals surface area contributed by atoms with Crippen molar-refractivity contribution < 1.29 is 62.5 Å². The van der Waals surface area contributed by atoms with Gasteiger partial charge in [-0.15, -0.1) is 0 Å². The summed E-state index contributed by atoms with van der Waals surface area (Å²) in [5, 5.41) is 5.98. The molecular formula is C47H56NO12+. The van der Waals surface area contributed by atoms with Crippen LogP contribution in [0.4, 0.5) is 0 Å². The lowest BCUT2D eigenvalue weighted by molar-refractivity contribution is -0.141. The lowest BCUT2D eigenvalue weighted by Gasteiger charge is -2.27. The van der Waals surface area contributed by atoms with Crippen molar-refractivity contribution in [2.45, 2.75) is 64.2 Å². The first-order valence-electron chi connectivity index (χ1n) is 20.6. The molecule has 3 aromatic rings. The van der Waals surface area contributed by atoms with Crippen molar-refractivity contribution in [3.8, 4) is 34.5 Å². The summed E-state index contributed by atoms with van der Waals surface area (Å²) in [6.45, 7) is 9.03. The third-order valence-electron chi connectivity index (χ3n) is 10.5. The summed E-state index contributed by atoms with van der Waals surface area (Å²) in [6.07, 6.45) is 11.2. The van der Waals surface area contributed by atoms with Crippen LogP contribution in [0, 0.1) is 23.7 Å². The fourth-order valence-electron chi connectivity index (χ4n) is 7.00. The number of benzene rings is 3. The Labute approximate surface area is 351 Å². The van der Waals surface area contributed by atoms with Crippen LogP contribution in [-0.2, 0) is 28.7 Å². The summed E-state index contributed by atoms with van der Waals surface area (Å²) < 4.78 is 44.8. The van der Waals surface area contributed by atoms with Crippen molar-refractivity contribution in [3.05, 3.63) is 97.6 Å². The van der Waals surface area contributed by atoms with Crippen LogP contribution in [0.15, 0.2) is 92.0 Å². The molecule has 0 saturated heterocycles. The molecule has 320 valence electrons. The number of hydrogen-bond donors (Lipinski definition) is 1. The molecular weight excluding hydrogens is 771 g/mol. The van der Waals surface area contributed by atoms with E-state index in [0.717, 1.165) is 69.1 Å². The van der Waals surface area contributed by atoms with Gasteiger partial charge in [0.05, 0.1) is 57.0 Å². The van der Waals surface area contributed by atoms with Gasteiger partial charge in [0, 0.05) is 25.0 Å². The molecule has 0 bridgehead atoms. The number of esters is 4. The molecule has 0 spiro atoms. The van der Waals surface area contributed by atoms with E-state index in [1.165, 1.54) is 6.21 Å². The maximum Gasteiger partial charge on any atom is 0.330 e. The second kappa shape index (κ2) is 24.1. The standard InChI is InChI=1S/C47H55NO12/c1-3-44(49)55-27-5-25-53-38-15-19-40(20-16-38)59-46(51)35-11-7-33(8-12-35)31-57-42-23-24-43(37(29-42)30-48)58-32-34-9-13-36(14-10-34)47(52)60-41-21-17-39(18-22-41)54-26-6-28-56-45(50)4-2/h3-4,15-24,29-30,33-36,48H,1-2,5-14,25-28,31-32H2/p+1. The van der Waals surface area contributed by atoms with E-state index < -0.39 is 11.9 Å². The highest BCUT2D eigenvalue weighted by molar-refractivity contribution is 5.81. The number of ether oxygens (including phenoxy) is 8. The summed E-state index contributed by atoms with van der Waals surface area (Å²) in [5.41, 5.74) is 0.743. The molecule has 0 unspecified atom stereocenters. The fourth-order valence-corrected chi connectivity index (χ4v) is 7.00. The molecule has 2 N–H and O–H groups in total. The van der Waals surface area contributed by atoms with Crippen LogP contribution < -0.4 is 33.8 Å². The van der Waals surface area contributed by atoms with Crippen molar-refractivity contribution in [2.24, 2.45) is 23.7 Å². The van der Waals surface area contributed by atoms with Gasteiger partial charge in [0.2, 0.25) is 0 Å². The summed E-state index contributed by atoms with van der Waals surface area (Å²) in [7, 11) is 0. The molecule has 0 atom stereocenters. The van der Waals surface area contributed by atoms with Crippen LogP contribution in [0.3, 0.4) is 0 Å². The molecule has 0 amide bonds. The van der Waals surface area contributed by atoms with E-state index in [9.17, 15) is 19.2 Å². The maximum absolute atomic E-state index is 12.9. The number of carbonyl (C=O) groups is 4. The number of carbonyl (C=O) groups excluding carboxylic acids is 4. The van der Waals surface area contributed by atoms with Gasteiger partial charge in [-0.05, 0) is 130 Å². The maximum atomic E-state index is 12.9. The topological polar surface area (TPSA) is 168 Å². The van der Waals surface area contributed by atoms with Gasteiger partial charge in [0.25, 0.3) is 0 Å². The first-order valence-corrected chi connectivity index (χ1v) is 20.6. The van der Waals surface area contributed by atoms with E-state index in [1.54, 1.807) is 48.5 Å². The number of rotatable bonds is 23. The van der Waals surface area contributed by atoms with Crippen LogP contribution in [0.1, 0.15) is 69.8 Å². The second-order valence-corrected chi connectivity index (χ2v) is 14.9. The van der Waals surface area contributed by atoms with Crippen molar-refractivity contribution in [1.29, 1.82) is 0 Å². The van der Waals surface area contributed by atoms with Gasteiger partial charge >= 0.3 is 23.9 Å². The third kappa shape index (κ3) is 14.9. The first kappa shape index (κ1) is 45.0. The normalized spacial score (nSPS) is 18.5. The average Bonchev–Trinajstić information content (AvgIpc) is 3.28. The van der Waals surface area contributed by atoms with Gasteiger partial charge in [0.15, 0.2) is 6.21 Å². The molecule has 2 aliphatic rings. The van der Waals surface area contributed by atoms with Gasteiger partial charge in [-0.3, -0.25) is 15.0 Å². The summed E-state index contributed by atoms with van der Waals surface area (Å²) >= 11 is 0. The SMILES string of the molecule is C=CC(=O)OCCCOc1ccc(OC(=O)C2CCC(COc3ccc(OCC4CCC(C(=O)Oc5ccc(OCCCOC(=O)C=C)cc5)CC4)c(C=[NH2+])c3)CC2)cc1. The molecule has 5 rings (SSSR count). The van der Waals surface area contributed by atoms with Crippen molar-refractivity contribution >= 4 is 30.1 Å². The highest BCUT2D eigenvalue weighted by Gasteiger charge is 2.30. The minimum absolute atomic E-state index is 0.167. The zero-order valence-electron chi connectivity index (χ0n) is 34.1.